The van der Waals surface area contributed by atoms with E-state index in [1.54, 1.807) is 0 Å². The van der Waals surface area contributed by atoms with Crippen LogP contribution in [0.1, 0.15) is 30.4 Å². The zero-order valence-corrected chi connectivity index (χ0v) is 16.3. The number of nitrogens with one attached hydrogen (secondary N) is 1. The van der Waals surface area contributed by atoms with Gasteiger partial charge in [0.05, 0.1) is 18.3 Å². The van der Waals surface area contributed by atoms with Crippen LogP contribution in [-0.2, 0) is 13.0 Å². The highest BCUT2D eigenvalue weighted by Gasteiger charge is 2.20. The smallest absolute Gasteiger partial charge is 0.119 e. The monoisotopic (exact) mass is 379 g/mol. The van der Waals surface area contributed by atoms with Gasteiger partial charge in [0.25, 0.3) is 0 Å². The summed E-state index contributed by atoms with van der Waals surface area (Å²) < 4.78 is 5.72. The standard InChI is InChI=1S/C23H29N3O2/c27-10-3-11-28-22-6-1-4-20(14-22)17-26-9-2-5-19(16-26)12-18-7-8-23-21(13-18)15-24-25-23/h1,4,6-8,13-15,19,27H,2-3,5,9-12,16-17H2,(H,24,25). The Morgan fingerprint density at radius 3 is 3.07 bits per heavy atom. The Morgan fingerprint density at radius 2 is 2.14 bits per heavy atom. The van der Waals surface area contributed by atoms with Crippen molar-refractivity contribution in [3.63, 3.8) is 0 Å². The van der Waals surface area contributed by atoms with E-state index in [2.05, 4.69) is 51.5 Å². The number of likely N-dealkylation sites (tertiary alicyclic amines) is 1. The lowest BCUT2D eigenvalue weighted by molar-refractivity contribution is 0.167. The first-order chi connectivity index (χ1) is 13.8. The molecule has 1 aliphatic heterocycles. The van der Waals surface area contributed by atoms with E-state index in [-0.39, 0.29) is 6.61 Å². The molecule has 2 N–H and O–H groups in total. The average molecular weight is 380 g/mol. The third kappa shape index (κ3) is 4.91. The first-order valence-electron chi connectivity index (χ1n) is 10.3. The number of ether oxygens (including phenoxy) is 1. The molecule has 148 valence electrons. The summed E-state index contributed by atoms with van der Waals surface area (Å²) in [6.07, 6.45) is 6.25. The first-order valence-corrected chi connectivity index (χ1v) is 10.3. The summed E-state index contributed by atoms with van der Waals surface area (Å²) in [6.45, 7) is 4.00. The molecule has 0 bridgehead atoms. The molecular weight excluding hydrogens is 350 g/mol. The highest BCUT2D eigenvalue weighted by Crippen LogP contribution is 2.24. The fourth-order valence-corrected chi connectivity index (χ4v) is 4.16. The van der Waals surface area contributed by atoms with Crippen molar-refractivity contribution >= 4 is 10.9 Å². The molecule has 2 aromatic carbocycles. The lowest BCUT2D eigenvalue weighted by Crippen LogP contribution is -2.35. The van der Waals surface area contributed by atoms with Crippen molar-refractivity contribution in [2.45, 2.75) is 32.2 Å². The topological polar surface area (TPSA) is 61.4 Å². The van der Waals surface area contributed by atoms with Gasteiger partial charge in [0.1, 0.15) is 5.75 Å². The van der Waals surface area contributed by atoms with E-state index in [1.165, 1.54) is 29.4 Å². The first kappa shape index (κ1) is 19.0. The summed E-state index contributed by atoms with van der Waals surface area (Å²) in [7, 11) is 0. The molecule has 0 spiro atoms. The van der Waals surface area contributed by atoms with Gasteiger partial charge in [-0.3, -0.25) is 10.00 Å². The van der Waals surface area contributed by atoms with E-state index in [1.807, 2.05) is 12.3 Å². The molecule has 2 heterocycles. The lowest BCUT2D eigenvalue weighted by atomic mass is 9.90. The number of aromatic nitrogens is 2. The number of rotatable bonds is 8. The van der Waals surface area contributed by atoms with Gasteiger partial charge in [-0.15, -0.1) is 0 Å². The van der Waals surface area contributed by atoms with Gasteiger partial charge in [-0.2, -0.15) is 5.10 Å². The summed E-state index contributed by atoms with van der Waals surface area (Å²) in [4.78, 5) is 2.57. The maximum atomic E-state index is 8.90. The summed E-state index contributed by atoms with van der Waals surface area (Å²) in [5.74, 6) is 1.59. The summed E-state index contributed by atoms with van der Waals surface area (Å²) in [5.41, 5.74) is 3.80. The van der Waals surface area contributed by atoms with Crippen LogP contribution in [0.3, 0.4) is 0 Å². The Bertz CT molecular complexity index is 892. The molecule has 1 unspecified atom stereocenters. The predicted molar refractivity (Wildman–Crippen MR) is 111 cm³/mol. The van der Waals surface area contributed by atoms with Crippen LogP contribution >= 0.6 is 0 Å². The number of aromatic amines is 1. The van der Waals surface area contributed by atoms with E-state index in [0.29, 0.717) is 18.9 Å². The number of nitrogens with zero attached hydrogens (tertiary/aromatic N) is 2. The number of piperidine rings is 1. The average Bonchev–Trinajstić information content (AvgIpc) is 3.17. The molecule has 4 rings (SSSR count). The van der Waals surface area contributed by atoms with Crippen LogP contribution in [0.25, 0.3) is 10.9 Å². The van der Waals surface area contributed by atoms with Crippen molar-refractivity contribution in [1.82, 2.24) is 15.1 Å². The number of fused-ring (bicyclic) bond motifs is 1. The highest BCUT2D eigenvalue weighted by atomic mass is 16.5. The summed E-state index contributed by atoms with van der Waals surface area (Å²) in [6, 6.07) is 15.0. The summed E-state index contributed by atoms with van der Waals surface area (Å²) in [5, 5.41) is 17.2. The zero-order chi connectivity index (χ0) is 19.2. The van der Waals surface area contributed by atoms with Crippen molar-refractivity contribution < 1.29 is 9.84 Å². The number of aliphatic hydroxyl groups is 1. The minimum Gasteiger partial charge on any atom is -0.493 e. The molecule has 0 radical (unpaired) electrons. The van der Waals surface area contributed by atoms with Crippen molar-refractivity contribution in [1.29, 1.82) is 0 Å². The van der Waals surface area contributed by atoms with Crippen LogP contribution < -0.4 is 4.74 Å². The van der Waals surface area contributed by atoms with Crippen molar-refractivity contribution in [3.05, 3.63) is 59.8 Å². The molecule has 1 saturated heterocycles. The van der Waals surface area contributed by atoms with Gasteiger partial charge >= 0.3 is 0 Å². The van der Waals surface area contributed by atoms with E-state index in [9.17, 15) is 0 Å². The zero-order valence-electron chi connectivity index (χ0n) is 16.3. The van der Waals surface area contributed by atoms with Gasteiger partial charge in [-0.25, -0.2) is 0 Å². The molecule has 5 heteroatoms. The van der Waals surface area contributed by atoms with Crippen LogP contribution in [-0.4, -0.2) is 46.5 Å². The molecule has 1 atom stereocenters. The van der Waals surface area contributed by atoms with Gasteiger partial charge in [-0.1, -0.05) is 18.2 Å². The second-order valence-corrected chi connectivity index (χ2v) is 7.81. The molecule has 3 aromatic rings. The Balaban J connectivity index is 1.34. The largest absolute Gasteiger partial charge is 0.493 e. The number of hydrogen-bond acceptors (Lipinski definition) is 4. The predicted octanol–water partition coefficient (Wildman–Crippen LogP) is 3.78. The minimum atomic E-state index is 0.169. The van der Waals surface area contributed by atoms with Crippen LogP contribution in [0.4, 0.5) is 0 Å². The normalized spacial score (nSPS) is 17.8. The molecule has 1 fully saturated rings. The van der Waals surface area contributed by atoms with Crippen LogP contribution in [0.5, 0.6) is 5.75 Å². The molecule has 0 amide bonds. The maximum Gasteiger partial charge on any atom is 0.119 e. The molecule has 28 heavy (non-hydrogen) atoms. The molecule has 1 aromatic heterocycles. The number of aliphatic hydroxyl groups excluding tert-OH is 1. The molecule has 0 saturated carbocycles. The van der Waals surface area contributed by atoms with Crippen molar-refractivity contribution in [3.8, 4) is 5.75 Å². The van der Waals surface area contributed by atoms with Gasteiger partial charge < -0.3 is 9.84 Å². The SMILES string of the molecule is OCCCOc1cccc(CN2CCCC(Cc3ccc4[nH]ncc4c3)C2)c1. The Hall–Kier alpha value is -2.37. The quantitative estimate of drug-likeness (QED) is 0.585. The van der Waals surface area contributed by atoms with Crippen LogP contribution in [0.15, 0.2) is 48.7 Å². The fraction of sp³-hybridized carbons (Fsp3) is 0.435. The second kappa shape index (κ2) is 9.22. The third-order valence-corrected chi connectivity index (χ3v) is 5.51. The van der Waals surface area contributed by atoms with E-state index in [4.69, 9.17) is 9.84 Å². The van der Waals surface area contributed by atoms with Crippen molar-refractivity contribution in [2.75, 3.05) is 26.3 Å². The number of hydrogen-bond donors (Lipinski definition) is 2. The maximum absolute atomic E-state index is 8.90. The number of H-pyrrole nitrogens is 1. The molecule has 0 aliphatic carbocycles. The highest BCUT2D eigenvalue weighted by molar-refractivity contribution is 5.78. The third-order valence-electron chi connectivity index (χ3n) is 5.51. The number of benzene rings is 2. The second-order valence-electron chi connectivity index (χ2n) is 7.81. The van der Waals surface area contributed by atoms with E-state index < -0.39 is 0 Å². The lowest BCUT2D eigenvalue weighted by Gasteiger charge is -2.33. The van der Waals surface area contributed by atoms with E-state index in [0.717, 1.165) is 37.3 Å². The van der Waals surface area contributed by atoms with Crippen LogP contribution in [0, 0.1) is 5.92 Å². The van der Waals surface area contributed by atoms with Gasteiger partial charge in [0.15, 0.2) is 0 Å². The Labute approximate surface area is 166 Å². The fourth-order valence-electron chi connectivity index (χ4n) is 4.16. The van der Waals surface area contributed by atoms with Gasteiger partial charge in [-0.05, 0) is 67.1 Å². The molecule has 1 aliphatic rings. The molecular formula is C23H29N3O2. The van der Waals surface area contributed by atoms with Crippen LogP contribution in [0.2, 0.25) is 0 Å². The Morgan fingerprint density at radius 1 is 1.18 bits per heavy atom. The van der Waals surface area contributed by atoms with Gasteiger partial charge in [0.2, 0.25) is 0 Å². The van der Waals surface area contributed by atoms with Crippen molar-refractivity contribution in [2.24, 2.45) is 5.92 Å². The molecule has 5 nitrogen and oxygen atoms in total. The summed E-state index contributed by atoms with van der Waals surface area (Å²) >= 11 is 0. The van der Waals surface area contributed by atoms with Gasteiger partial charge in [0, 0.05) is 31.5 Å². The van der Waals surface area contributed by atoms with E-state index >= 15 is 0 Å². The Kier molecular flexibility index (Phi) is 6.24. The minimum absolute atomic E-state index is 0.169.